The third-order valence-corrected chi connectivity index (χ3v) is 9.31. The maximum atomic E-state index is 6.67. The first kappa shape index (κ1) is 28.3. The number of thioether (sulfide) groups is 1. The Morgan fingerprint density at radius 3 is 2.77 bits per heavy atom. The Balaban J connectivity index is 1.26. The van der Waals surface area contributed by atoms with Gasteiger partial charge in [-0.15, -0.1) is 16.4 Å². The molecule has 11 nitrogen and oxygen atoms in total. The first-order valence-corrected chi connectivity index (χ1v) is 15.6. The first-order valence-electron chi connectivity index (χ1n) is 13.4. The number of benzene rings is 1. The average molecular weight is 636 g/mol. The standard InChI is InChI=1S/C29H26ClN7O4S2/c1-38-26-24(37-13-19(35-36-37)20-15-42-29(31)34-20)25-21(14-39-27(41-25)16-6-3-2-4-7-16)40-28(26)43-22-10-18(30)12-33-23(22)17-8-5-9-32-11-17/h2-13,15,21,24-28H,14H2,1H3,(H2,31,34). The zero-order valence-electron chi connectivity index (χ0n) is 22.8. The molecule has 2 aliphatic heterocycles. The van der Waals surface area contributed by atoms with Crippen LogP contribution >= 0.6 is 34.7 Å². The van der Waals surface area contributed by atoms with E-state index < -0.39 is 36.1 Å². The molecule has 0 amide bonds. The Bertz CT molecular complexity index is 1690. The van der Waals surface area contributed by atoms with E-state index in [9.17, 15) is 0 Å². The van der Waals surface area contributed by atoms with Crippen LogP contribution in [0.2, 0.25) is 5.02 Å². The van der Waals surface area contributed by atoms with Crippen molar-refractivity contribution in [3.63, 3.8) is 0 Å². The number of methoxy groups -OCH3 is 1. The van der Waals surface area contributed by atoms with Gasteiger partial charge in [-0.25, -0.2) is 9.67 Å². The summed E-state index contributed by atoms with van der Waals surface area (Å²) in [6.45, 7) is 0.307. The van der Waals surface area contributed by atoms with Crippen molar-refractivity contribution >= 4 is 39.8 Å². The fourth-order valence-electron chi connectivity index (χ4n) is 5.29. The van der Waals surface area contributed by atoms with Crippen molar-refractivity contribution in [2.24, 2.45) is 0 Å². The zero-order valence-corrected chi connectivity index (χ0v) is 25.2. The van der Waals surface area contributed by atoms with Gasteiger partial charge in [0.2, 0.25) is 0 Å². The molecule has 4 aromatic heterocycles. The van der Waals surface area contributed by atoms with Crippen LogP contribution in [0.4, 0.5) is 5.13 Å². The number of ether oxygens (including phenoxy) is 4. The van der Waals surface area contributed by atoms with Crippen LogP contribution < -0.4 is 5.73 Å². The highest BCUT2D eigenvalue weighted by Crippen LogP contribution is 2.46. The van der Waals surface area contributed by atoms with Gasteiger partial charge < -0.3 is 24.7 Å². The molecule has 220 valence electrons. The van der Waals surface area contributed by atoms with Gasteiger partial charge in [-0.3, -0.25) is 9.97 Å². The van der Waals surface area contributed by atoms with Crippen LogP contribution in [0.5, 0.6) is 0 Å². The van der Waals surface area contributed by atoms with Crippen molar-refractivity contribution in [2.75, 3.05) is 19.5 Å². The fourth-order valence-corrected chi connectivity index (χ4v) is 7.40. The minimum Gasteiger partial charge on any atom is -0.375 e. The molecule has 2 aliphatic rings. The molecule has 6 heterocycles. The molecule has 0 bridgehead atoms. The number of fused-ring (bicyclic) bond motifs is 1. The maximum Gasteiger partial charge on any atom is 0.184 e. The van der Waals surface area contributed by atoms with E-state index in [1.807, 2.05) is 60.1 Å². The van der Waals surface area contributed by atoms with Gasteiger partial charge in [0.25, 0.3) is 0 Å². The van der Waals surface area contributed by atoms with Gasteiger partial charge in [0.15, 0.2) is 11.4 Å². The predicted octanol–water partition coefficient (Wildman–Crippen LogP) is 5.28. The average Bonchev–Trinajstić information content (AvgIpc) is 3.70. The lowest BCUT2D eigenvalue weighted by Crippen LogP contribution is -2.59. The second-order valence-corrected chi connectivity index (χ2v) is 12.4. The summed E-state index contributed by atoms with van der Waals surface area (Å²) in [4.78, 5) is 14.1. The molecule has 0 saturated carbocycles. The molecule has 2 fully saturated rings. The minimum atomic E-state index is -0.578. The van der Waals surface area contributed by atoms with Crippen LogP contribution in [0, 0.1) is 0 Å². The number of nitrogen functional groups attached to an aromatic ring is 1. The van der Waals surface area contributed by atoms with E-state index in [0.717, 1.165) is 21.7 Å². The summed E-state index contributed by atoms with van der Waals surface area (Å²) >= 11 is 9.24. The summed E-state index contributed by atoms with van der Waals surface area (Å²) in [6, 6.07) is 15.1. The lowest BCUT2D eigenvalue weighted by Gasteiger charge is -2.48. The van der Waals surface area contributed by atoms with Crippen molar-refractivity contribution in [3.05, 3.63) is 89.3 Å². The van der Waals surface area contributed by atoms with Gasteiger partial charge in [-0.1, -0.05) is 58.9 Å². The van der Waals surface area contributed by atoms with Crippen LogP contribution in [0.1, 0.15) is 17.9 Å². The Hall–Kier alpha value is -3.43. The van der Waals surface area contributed by atoms with E-state index in [-0.39, 0.29) is 0 Å². The summed E-state index contributed by atoms with van der Waals surface area (Å²) < 4.78 is 27.4. The number of pyridine rings is 2. The van der Waals surface area contributed by atoms with Crippen molar-refractivity contribution < 1.29 is 18.9 Å². The number of rotatable bonds is 7. The number of thiazole rings is 1. The van der Waals surface area contributed by atoms with E-state index in [4.69, 9.17) is 36.3 Å². The largest absolute Gasteiger partial charge is 0.375 e. The lowest BCUT2D eigenvalue weighted by molar-refractivity contribution is -0.308. The number of halogens is 1. The molecule has 43 heavy (non-hydrogen) atoms. The second kappa shape index (κ2) is 12.3. The maximum absolute atomic E-state index is 6.67. The van der Waals surface area contributed by atoms with E-state index >= 15 is 0 Å². The van der Waals surface area contributed by atoms with E-state index in [0.29, 0.717) is 28.1 Å². The minimum absolute atomic E-state index is 0.307. The van der Waals surface area contributed by atoms with E-state index in [1.165, 1.54) is 23.1 Å². The summed E-state index contributed by atoms with van der Waals surface area (Å²) in [5.41, 5.74) is 9.14. The number of hydrogen-bond acceptors (Lipinski definition) is 12. The van der Waals surface area contributed by atoms with Gasteiger partial charge in [-0.05, 0) is 18.2 Å². The van der Waals surface area contributed by atoms with Crippen molar-refractivity contribution in [1.29, 1.82) is 0 Å². The molecular formula is C29H26ClN7O4S2. The van der Waals surface area contributed by atoms with Crippen LogP contribution in [0.25, 0.3) is 22.6 Å². The Morgan fingerprint density at radius 2 is 2.00 bits per heavy atom. The Labute approximate surface area is 260 Å². The molecule has 1 aromatic carbocycles. The van der Waals surface area contributed by atoms with Gasteiger partial charge in [0.1, 0.15) is 41.2 Å². The smallest absolute Gasteiger partial charge is 0.184 e. The monoisotopic (exact) mass is 635 g/mol. The number of nitrogens with two attached hydrogens (primary N) is 1. The van der Waals surface area contributed by atoms with Crippen LogP contribution in [0.15, 0.2) is 83.6 Å². The second-order valence-electron chi connectivity index (χ2n) is 9.93. The summed E-state index contributed by atoms with van der Waals surface area (Å²) in [5.74, 6) is 0. The Kier molecular flexibility index (Phi) is 8.10. The summed E-state index contributed by atoms with van der Waals surface area (Å²) in [5, 5.41) is 11.7. The molecule has 14 heteroatoms. The Morgan fingerprint density at radius 1 is 1.12 bits per heavy atom. The lowest BCUT2D eigenvalue weighted by atomic mass is 9.95. The molecule has 0 radical (unpaired) electrons. The van der Waals surface area contributed by atoms with Crippen molar-refractivity contribution in [1.82, 2.24) is 29.9 Å². The molecular weight excluding hydrogens is 610 g/mol. The molecule has 6 atom stereocenters. The quantitative estimate of drug-likeness (QED) is 0.250. The van der Waals surface area contributed by atoms with Crippen LogP contribution in [-0.4, -0.2) is 67.4 Å². The molecule has 0 spiro atoms. The topological polar surface area (TPSA) is 132 Å². The van der Waals surface area contributed by atoms with Gasteiger partial charge in [0, 0.05) is 47.1 Å². The SMILES string of the molecule is COC1C(Sc2cc(Cl)cnc2-c2cccnc2)OC2COC(c3ccccc3)OC2C1n1cc(-c2csc(N)n2)nn1. The van der Waals surface area contributed by atoms with E-state index in [1.54, 1.807) is 30.4 Å². The van der Waals surface area contributed by atoms with Crippen molar-refractivity contribution in [2.45, 2.75) is 41.0 Å². The van der Waals surface area contributed by atoms with Crippen molar-refractivity contribution in [3.8, 4) is 22.6 Å². The third kappa shape index (κ3) is 5.77. The number of anilines is 1. The highest BCUT2D eigenvalue weighted by molar-refractivity contribution is 8.00. The predicted molar refractivity (Wildman–Crippen MR) is 162 cm³/mol. The zero-order chi connectivity index (χ0) is 29.3. The molecule has 2 saturated heterocycles. The van der Waals surface area contributed by atoms with Crippen LogP contribution in [-0.2, 0) is 18.9 Å². The molecule has 5 aromatic rings. The number of hydrogen-bond donors (Lipinski definition) is 1. The fraction of sp³-hybridized carbons (Fsp3) is 0.276. The summed E-state index contributed by atoms with van der Waals surface area (Å²) in [7, 11) is 1.65. The molecule has 0 aliphatic carbocycles. The summed E-state index contributed by atoms with van der Waals surface area (Å²) in [6.07, 6.45) is 4.97. The molecule has 7 rings (SSSR count). The van der Waals surface area contributed by atoms with Crippen LogP contribution in [0.3, 0.4) is 0 Å². The highest BCUT2D eigenvalue weighted by atomic mass is 35.5. The van der Waals surface area contributed by atoms with Gasteiger partial charge >= 0.3 is 0 Å². The first-order chi connectivity index (χ1) is 21.1. The van der Waals surface area contributed by atoms with E-state index in [2.05, 4.69) is 25.3 Å². The number of nitrogens with zero attached hydrogens (tertiary/aromatic N) is 6. The van der Waals surface area contributed by atoms with Gasteiger partial charge in [-0.2, -0.15) is 0 Å². The molecule has 6 unspecified atom stereocenters. The number of aromatic nitrogens is 6. The third-order valence-electron chi connectivity index (χ3n) is 7.25. The normalized spacial score (nSPS) is 25.3. The van der Waals surface area contributed by atoms with Gasteiger partial charge in [0.05, 0.1) is 23.5 Å². The highest BCUT2D eigenvalue weighted by Gasteiger charge is 2.52. The molecule has 2 N–H and O–H groups in total.